The van der Waals surface area contributed by atoms with Crippen molar-refractivity contribution in [2.24, 2.45) is 5.92 Å². The van der Waals surface area contributed by atoms with Gasteiger partial charge in [-0.25, -0.2) is 0 Å². The molecule has 118 valence electrons. The molecule has 2 aromatic rings. The van der Waals surface area contributed by atoms with Crippen molar-refractivity contribution in [3.05, 3.63) is 69.2 Å². The van der Waals surface area contributed by atoms with Crippen molar-refractivity contribution in [1.82, 2.24) is 0 Å². The van der Waals surface area contributed by atoms with Crippen LogP contribution in [-0.2, 0) is 0 Å². The standard InChI is InChI=1S/C19H17BrClNO/c1-23-18-8-5-11(20)9-16(18)19-14-4-2-3-13(14)15-10-12(21)6-7-17(15)22-19/h2-3,5-10,13-14,19,22H,4H2,1H3/t13-,14-,19+/m0/s1. The van der Waals surface area contributed by atoms with Crippen molar-refractivity contribution < 1.29 is 4.74 Å². The number of allylic oxidation sites excluding steroid dienone is 2. The summed E-state index contributed by atoms with van der Waals surface area (Å²) in [6.07, 6.45) is 5.66. The monoisotopic (exact) mass is 389 g/mol. The second kappa shape index (κ2) is 5.88. The summed E-state index contributed by atoms with van der Waals surface area (Å²) in [6.45, 7) is 0. The van der Waals surface area contributed by atoms with Crippen LogP contribution in [0.1, 0.15) is 29.5 Å². The van der Waals surface area contributed by atoms with Crippen molar-refractivity contribution >= 4 is 33.2 Å². The van der Waals surface area contributed by atoms with Crippen LogP contribution in [0.5, 0.6) is 5.75 Å². The Morgan fingerprint density at radius 1 is 1.17 bits per heavy atom. The molecule has 0 fully saturated rings. The van der Waals surface area contributed by atoms with E-state index in [4.69, 9.17) is 16.3 Å². The molecule has 4 heteroatoms. The van der Waals surface area contributed by atoms with Gasteiger partial charge in [-0.2, -0.15) is 0 Å². The van der Waals surface area contributed by atoms with Crippen LogP contribution in [0.3, 0.4) is 0 Å². The van der Waals surface area contributed by atoms with Gasteiger partial charge < -0.3 is 10.1 Å². The van der Waals surface area contributed by atoms with E-state index < -0.39 is 0 Å². The summed E-state index contributed by atoms with van der Waals surface area (Å²) < 4.78 is 6.68. The summed E-state index contributed by atoms with van der Waals surface area (Å²) >= 11 is 9.80. The molecule has 0 radical (unpaired) electrons. The maximum absolute atomic E-state index is 6.21. The van der Waals surface area contributed by atoms with Gasteiger partial charge in [-0.3, -0.25) is 0 Å². The first kappa shape index (κ1) is 15.1. The van der Waals surface area contributed by atoms with Crippen LogP contribution in [-0.4, -0.2) is 7.11 Å². The van der Waals surface area contributed by atoms with Gasteiger partial charge in [0.05, 0.1) is 13.2 Å². The normalized spacial score (nSPS) is 24.7. The number of nitrogens with one attached hydrogen (secondary N) is 1. The van der Waals surface area contributed by atoms with Gasteiger partial charge >= 0.3 is 0 Å². The Kier molecular flexibility index (Phi) is 3.86. The van der Waals surface area contributed by atoms with Gasteiger partial charge in [0.25, 0.3) is 0 Å². The lowest BCUT2D eigenvalue weighted by atomic mass is 9.77. The molecule has 0 saturated carbocycles. The van der Waals surface area contributed by atoms with Crippen molar-refractivity contribution in [1.29, 1.82) is 0 Å². The predicted octanol–water partition coefficient (Wildman–Crippen LogP) is 5.94. The molecule has 0 saturated heterocycles. The molecule has 1 heterocycles. The highest BCUT2D eigenvalue weighted by Crippen LogP contribution is 2.51. The van der Waals surface area contributed by atoms with Gasteiger partial charge in [-0.05, 0) is 54.3 Å². The summed E-state index contributed by atoms with van der Waals surface area (Å²) in [5.41, 5.74) is 3.65. The molecule has 4 rings (SSSR count). The minimum Gasteiger partial charge on any atom is -0.496 e. The Balaban J connectivity index is 1.82. The molecular weight excluding hydrogens is 374 g/mol. The van der Waals surface area contributed by atoms with E-state index in [0.717, 1.165) is 27.4 Å². The van der Waals surface area contributed by atoms with Gasteiger partial charge in [-0.1, -0.05) is 39.7 Å². The number of fused-ring (bicyclic) bond motifs is 3. The van der Waals surface area contributed by atoms with E-state index in [1.54, 1.807) is 7.11 Å². The average Bonchev–Trinajstić information content (AvgIpc) is 3.04. The number of rotatable bonds is 2. The smallest absolute Gasteiger partial charge is 0.124 e. The number of anilines is 1. The van der Waals surface area contributed by atoms with E-state index in [0.29, 0.717) is 11.8 Å². The fourth-order valence-corrected chi connectivity index (χ4v) is 4.38. The fourth-order valence-electron chi connectivity index (χ4n) is 3.82. The van der Waals surface area contributed by atoms with Crippen molar-refractivity contribution in [2.75, 3.05) is 12.4 Å². The molecule has 1 N–H and O–H groups in total. The summed E-state index contributed by atoms with van der Waals surface area (Å²) in [5.74, 6) is 1.80. The first-order valence-corrected chi connectivity index (χ1v) is 8.90. The third-order valence-electron chi connectivity index (χ3n) is 4.85. The molecule has 0 bridgehead atoms. The summed E-state index contributed by atoms with van der Waals surface area (Å²) in [4.78, 5) is 0. The molecule has 0 spiro atoms. The molecule has 0 aromatic heterocycles. The third kappa shape index (κ3) is 2.56. The Hall–Kier alpha value is -1.45. The van der Waals surface area contributed by atoms with Crippen molar-refractivity contribution in [3.8, 4) is 5.75 Å². The average molecular weight is 391 g/mol. The first-order chi connectivity index (χ1) is 11.2. The molecule has 2 aromatic carbocycles. The van der Waals surface area contributed by atoms with Crippen LogP contribution in [0.15, 0.2) is 53.0 Å². The van der Waals surface area contributed by atoms with Gasteiger partial charge in [0.15, 0.2) is 0 Å². The lowest BCUT2D eigenvalue weighted by Crippen LogP contribution is -2.29. The van der Waals surface area contributed by atoms with Crippen LogP contribution >= 0.6 is 27.5 Å². The largest absolute Gasteiger partial charge is 0.496 e. The maximum atomic E-state index is 6.21. The van der Waals surface area contributed by atoms with Gasteiger partial charge in [-0.15, -0.1) is 0 Å². The molecule has 0 amide bonds. The minimum absolute atomic E-state index is 0.219. The highest BCUT2D eigenvalue weighted by atomic mass is 79.9. The molecule has 23 heavy (non-hydrogen) atoms. The number of methoxy groups -OCH3 is 1. The molecule has 2 aliphatic rings. The SMILES string of the molecule is COc1ccc(Br)cc1[C@@H]1Nc2ccc(Cl)cc2[C@H]2C=CC[C@@H]21. The van der Waals surface area contributed by atoms with E-state index in [1.807, 2.05) is 18.2 Å². The number of ether oxygens (including phenoxy) is 1. The Labute approximate surface area is 149 Å². The molecule has 1 aliphatic heterocycles. The molecular formula is C19H17BrClNO. The van der Waals surface area contributed by atoms with E-state index in [1.165, 1.54) is 11.1 Å². The highest BCUT2D eigenvalue weighted by molar-refractivity contribution is 9.10. The predicted molar refractivity (Wildman–Crippen MR) is 98.5 cm³/mol. The summed E-state index contributed by atoms with van der Waals surface area (Å²) in [6, 6.07) is 12.5. The summed E-state index contributed by atoms with van der Waals surface area (Å²) in [7, 11) is 1.73. The Bertz CT molecular complexity index is 789. The Morgan fingerprint density at radius 2 is 2.04 bits per heavy atom. The lowest BCUT2D eigenvalue weighted by molar-refractivity contribution is 0.381. The van der Waals surface area contributed by atoms with Crippen molar-refractivity contribution in [2.45, 2.75) is 18.4 Å². The zero-order chi connectivity index (χ0) is 16.0. The number of hydrogen-bond donors (Lipinski definition) is 1. The first-order valence-electron chi connectivity index (χ1n) is 7.73. The third-order valence-corrected chi connectivity index (χ3v) is 5.58. The molecule has 0 unspecified atom stereocenters. The van der Waals surface area contributed by atoms with E-state index >= 15 is 0 Å². The fraction of sp³-hybridized carbons (Fsp3) is 0.263. The van der Waals surface area contributed by atoms with E-state index in [9.17, 15) is 0 Å². The highest BCUT2D eigenvalue weighted by Gasteiger charge is 2.39. The topological polar surface area (TPSA) is 21.3 Å². The molecule has 1 aliphatic carbocycles. The van der Waals surface area contributed by atoms with Crippen LogP contribution in [0, 0.1) is 5.92 Å². The summed E-state index contributed by atoms with van der Waals surface area (Å²) in [5, 5.41) is 4.51. The maximum Gasteiger partial charge on any atom is 0.124 e. The zero-order valence-corrected chi connectivity index (χ0v) is 15.1. The number of halogens is 2. The van der Waals surface area contributed by atoms with E-state index in [-0.39, 0.29) is 6.04 Å². The quantitative estimate of drug-likeness (QED) is 0.641. The second-order valence-corrected chi connectivity index (χ2v) is 7.45. The molecule has 3 atom stereocenters. The number of hydrogen-bond acceptors (Lipinski definition) is 2. The van der Waals surface area contributed by atoms with Crippen LogP contribution < -0.4 is 10.1 Å². The zero-order valence-electron chi connectivity index (χ0n) is 12.7. The van der Waals surface area contributed by atoms with Crippen LogP contribution in [0.25, 0.3) is 0 Å². The second-order valence-electron chi connectivity index (χ2n) is 6.09. The lowest BCUT2D eigenvalue weighted by Gasteiger charge is -2.38. The number of benzene rings is 2. The molecule has 2 nitrogen and oxygen atoms in total. The van der Waals surface area contributed by atoms with Gasteiger partial charge in [0.1, 0.15) is 5.75 Å². The van der Waals surface area contributed by atoms with Gasteiger partial charge in [0, 0.05) is 26.7 Å². The van der Waals surface area contributed by atoms with Crippen LogP contribution in [0.2, 0.25) is 5.02 Å². The van der Waals surface area contributed by atoms with Gasteiger partial charge in [0.2, 0.25) is 0 Å². The Morgan fingerprint density at radius 3 is 2.87 bits per heavy atom. The van der Waals surface area contributed by atoms with E-state index in [2.05, 4.69) is 51.6 Å². The van der Waals surface area contributed by atoms with Crippen LogP contribution in [0.4, 0.5) is 5.69 Å². The minimum atomic E-state index is 0.219. The van der Waals surface area contributed by atoms with Crippen molar-refractivity contribution in [3.63, 3.8) is 0 Å².